The van der Waals surface area contributed by atoms with Crippen molar-refractivity contribution in [2.24, 2.45) is 39.7 Å². The number of fused-ring (bicyclic) bond motifs is 5. The van der Waals surface area contributed by atoms with Gasteiger partial charge in [-0.05, 0) is 107 Å². The van der Waals surface area contributed by atoms with Crippen molar-refractivity contribution >= 4 is 14.0 Å². The molecule has 4 heteroatoms. The molecule has 0 aromatic rings. The summed E-state index contributed by atoms with van der Waals surface area (Å²) in [5, 5.41) is 4.36. The molecule has 0 heterocycles. The molecule has 0 bridgehead atoms. The van der Waals surface area contributed by atoms with Crippen LogP contribution in [0.15, 0.2) is 16.8 Å². The van der Waals surface area contributed by atoms with Crippen molar-refractivity contribution in [2.45, 2.75) is 97.9 Å². The second kappa shape index (κ2) is 7.51. The van der Waals surface area contributed by atoms with Crippen molar-refractivity contribution in [1.29, 1.82) is 0 Å². The van der Waals surface area contributed by atoms with Crippen LogP contribution in [0, 0.1) is 34.5 Å². The van der Waals surface area contributed by atoms with E-state index < -0.39 is 8.32 Å². The molecule has 7 atom stereocenters. The molecule has 7 unspecified atom stereocenters. The van der Waals surface area contributed by atoms with Crippen LogP contribution in [0.4, 0.5) is 0 Å². The SMILES string of the molecule is CO/N=C(\C)C1CCC2C3CC=C4CC(O[Si](C)(C)C)CCC4(C)C3CCC12C. The summed E-state index contributed by atoms with van der Waals surface area (Å²) in [5.74, 6) is 3.18. The molecule has 0 amide bonds. The largest absolute Gasteiger partial charge is 0.414 e. The Morgan fingerprint density at radius 1 is 1.07 bits per heavy atom. The van der Waals surface area contributed by atoms with E-state index in [-0.39, 0.29) is 0 Å². The Kier molecular flexibility index (Phi) is 5.60. The third-order valence-corrected chi connectivity index (χ3v) is 10.4. The van der Waals surface area contributed by atoms with Crippen molar-refractivity contribution in [3.05, 3.63) is 11.6 Å². The first-order valence-corrected chi connectivity index (χ1v) is 15.4. The Labute approximate surface area is 179 Å². The monoisotopic (exact) mass is 417 g/mol. The predicted molar refractivity (Wildman–Crippen MR) is 124 cm³/mol. The minimum absolute atomic E-state index is 0.410. The topological polar surface area (TPSA) is 30.8 Å². The fraction of sp³-hybridized carbons (Fsp3) is 0.880. The van der Waals surface area contributed by atoms with Crippen LogP contribution in [0.3, 0.4) is 0 Å². The van der Waals surface area contributed by atoms with Crippen LogP contribution < -0.4 is 0 Å². The third-order valence-electron chi connectivity index (χ3n) is 9.32. The summed E-state index contributed by atoms with van der Waals surface area (Å²) >= 11 is 0. The lowest BCUT2D eigenvalue weighted by atomic mass is 9.47. The molecule has 0 saturated heterocycles. The number of hydrogen-bond donors (Lipinski definition) is 0. The second-order valence-electron chi connectivity index (χ2n) is 11.9. The van der Waals surface area contributed by atoms with Gasteiger partial charge in [-0.15, -0.1) is 0 Å². The van der Waals surface area contributed by atoms with Gasteiger partial charge in [0.25, 0.3) is 0 Å². The van der Waals surface area contributed by atoms with Crippen molar-refractivity contribution in [2.75, 3.05) is 7.11 Å². The minimum atomic E-state index is -1.46. The quantitative estimate of drug-likeness (QED) is 0.218. The third kappa shape index (κ3) is 3.67. The van der Waals surface area contributed by atoms with Gasteiger partial charge in [-0.2, -0.15) is 0 Å². The van der Waals surface area contributed by atoms with Crippen LogP contribution in [0.5, 0.6) is 0 Å². The summed E-state index contributed by atoms with van der Waals surface area (Å²) in [6, 6.07) is 0. The van der Waals surface area contributed by atoms with Crippen LogP contribution in [0.25, 0.3) is 0 Å². The zero-order chi connectivity index (χ0) is 21.0. The van der Waals surface area contributed by atoms with Crippen LogP contribution in [-0.4, -0.2) is 27.2 Å². The van der Waals surface area contributed by atoms with Crippen LogP contribution >= 0.6 is 0 Å². The maximum Gasteiger partial charge on any atom is 0.184 e. The molecule has 0 aromatic heterocycles. The fourth-order valence-corrected chi connectivity index (χ4v) is 9.32. The lowest BCUT2D eigenvalue weighted by Crippen LogP contribution is -2.51. The second-order valence-corrected chi connectivity index (χ2v) is 16.4. The van der Waals surface area contributed by atoms with E-state index >= 15 is 0 Å². The van der Waals surface area contributed by atoms with E-state index in [1.165, 1.54) is 57.1 Å². The Hall–Kier alpha value is -0.613. The molecular weight excluding hydrogens is 374 g/mol. The summed E-state index contributed by atoms with van der Waals surface area (Å²) in [6.45, 7) is 14.4. The van der Waals surface area contributed by atoms with Gasteiger partial charge in [0.15, 0.2) is 8.32 Å². The Balaban J connectivity index is 1.55. The molecular formula is C25H43NO2Si. The van der Waals surface area contributed by atoms with Gasteiger partial charge in [-0.1, -0.05) is 30.7 Å². The number of nitrogens with zero attached hydrogens (tertiary/aromatic N) is 1. The zero-order valence-corrected chi connectivity index (χ0v) is 20.9. The Morgan fingerprint density at radius 2 is 1.83 bits per heavy atom. The fourth-order valence-electron chi connectivity index (χ4n) is 8.12. The lowest BCUT2D eigenvalue weighted by Gasteiger charge is -2.58. The average molecular weight is 418 g/mol. The van der Waals surface area contributed by atoms with Gasteiger partial charge < -0.3 is 9.26 Å². The first kappa shape index (κ1) is 21.6. The zero-order valence-electron chi connectivity index (χ0n) is 19.9. The number of oxime groups is 1. The number of rotatable bonds is 4. The average Bonchev–Trinajstić information content (AvgIpc) is 2.98. The van der Waals surface area contributed by atoms with E-state index in [2.05, 4.69) is 51.6 Å². The summed E-state index contributed by atoms with van der Waals surface area (Å²) in [4.78, 5) is 5.15. The van der Waals surface area contributed by atoms with E-state index in [1.807, 2.05) is 0 Å². The first-order valence-electron chi connectivity index (χ1n) is 12.0. The van der Waals surface area contributed by atoms with Crippen LogP contribution in [0.2, 0.25) is 19.6 Å². The highest BCUT2D eigenvalue weighted by Gasteiger charge is 2.59. The van der Waals surface area contributed by atoms with E-state index in [1.54, 1.807) is 12.7 Å². The highest BCUT2D eigenvalue weighted by Crippen LogP contribution is 2.66. The first-order chi connectivity index (χ1) is 13.6. The van der Waals surface area contributed by atoms with Gasteiger partial charge in [0.05, 0.1) is 5.71 Å². The molecule has 3 nitrogen and oxygen atoms in total. The van der Waals surface area contributed by atoms with Gasteiger partial charge >= 0.3 is 0 Å². The standard InChI is InChI=1S/C25H43NO2Si/c1-17(26-27-4)21-10-11-22-20-9-8-18-16-19(28-29(5,6)7)12-14-24(18,2)23(20)13-15-25(21,22)3/h8,19-23H,9-16H2,1-7H3/b26-17+. The molecule has 0 spiro atoms. The highest BCUT2D eigenvalue weighted by atomic mass is 28.4. The van der Waals surface area contributed by atoms with Crippen molar-refractivity contribution < 1.29 is 9.26 Å². The van der Waals surface area contributed by atoms with E-state index in [0.29, 0.717) is 22.9 Å². The summed E-state index contributed by atoms with van der Waals surface area (Å²) in [7, 11) is 0.224. The smallest absolute Gasteiger partial charge is 0.184 e. The molecule has 3 fully saturated rings. The molecule has 4 aliphatic carbocycles. The molecule has 4 rings (SSSR count). The Bertz CT molecular complexity index is 695. The highest BCUT2D eigenvalue weighted by molar-refractivity contribution is 6.69. The molecule has 29 heavy (non-hydrogen) atoms. The molecule has 164 valence electrons. The molecule has 4 aliphatic rings. The molecule has 0 aliphatic heterocycles. The van der Waals surface area contributed by atoms with Gasteiger partial charge in [0, 0.05) is 12.0 Å². The van der Waals surface area contributed by atoms with E-state index in [9.17, 15) is 0 Å². The van der Waals surface area contributed by atoms with E-state index in [4.69, 9.17) is 9.26 Å². The van der Waals surface area contributed by atoms with Crippen molar-refractivity contribution in [3.8, 4) is 0 Å². The van der Waals surface area contributed by atoms with Gasteiger partial charge in [-0.25, -0.2) is 0 Å². The maximum atomic E-state index is 6.53. The number of hydrogen-bond acceptors (Lipinski definition) is 3. The van der Waals surface area contributed by atoms with Gasteiger partial charge in [0.1, 0.15) is 7.11 Å². The Morgan fingerprint density at radius 3 is 2.52 bits per heavy atom. The molecule has 0 aromatic carbocycles. The lowest BCUT2D eigenvalue weighted by molar-refractivity contribution is -0.0412. The predicted octanol–water partition coefficient (Wildman–Crippen LogP) is 6.81. The maximum absolute atomic E-state index is 6.53. The van der Waals surface area contributed by atoms with Crippen molar-refractivity contribution in [3.63, 3.8) is 0 Å². The number of allylic oxidation sites excluding steroid dienone is 1. The van der Waals surface area contributed by atoms with Crippen LogP contribution in [-0.2, 0) is 9.26 Å². The van der Waals surface area contributed by atoms with Gasteiger partial charge in [0.2, 0.25) is 0 Å². The van der Waals surface area contributed by atoms with Crippen molar-refractivity contribution in [1.82, 2.24) is 0 Å². The molecule has 0 N–H and O–H groups in total. The molecule has 0 radical (unpaired) electrons. The summed E-state index contributed by atoms with van der Waals surface area (Å²) < 4.78 is 6.53. The van der Waals surface area contributed by atoms with Gasteiger partial charge in [-0.3, -0.25) is 0 Å². The van der Waals surface area contributed by atoms with E-state index in [0.717, 1.165) is 17.8 Å². The normalized spacial score (nSPS) is 45.1. The summed E-state index contributed by atoms with van der Waals surface area (Å²) in [6.07, 6.45) is 13.6. The minimum Gasteiger partial charge on any atom is -0.414 e. The van der Waals surface area contributed by atoms with Crippen LogP contribution in [0.1, 0.15) is 72.1 Å². The molecule has 3 saturated carbocycles. The summed E-state index contributed by atoms with van der Waals surface area (Å²) in [5.41, 5.74) is 3.78.